The normalized spacial score (nSPS) is 13.4. The number of hydrogen-bond acceptors (Lipinski definition) is 7. The number of pyridine rings is 2. The van der Waals surface area contributed by atoms with Crippen molar-refractivity contribution in [1.29, 1.82) is 0 Å². The smallest absolute Gasteiger partial charge is 0.267 e. The Labute approximate surface area is 229 Å². The third-order valence-corrected chi connectivity index (χ3v) is 7.28. The van der Waals surface area contributed by atoms with Crippen LogP contribution in [0.1, 0.15) is 44.3 Å². The van der Waals surface area contributed by atoms with E-state index in [1.165, 1.54) is 10.9 Å². The van der Waals surface area contributed by atoms with Crippen LogP contribution in [0.3, 0.4) is 0 Å². The fourth-order valence-corrected chi connectivity index (χ4v) is 5.00. The molecule has 1 saturated carbocycles. The molecule has 1 aromatic carbocycles. The van der Waals surface area contributed by atoms with Crippen molar-refractivity contribution >= 4 is 16.7 Å². The molecule has 40 heavy (non-hydrogen) atoms. The summed E-state index contributed by atoms with van der Waals surface area (Å²) in [5.41, 5.74) is 10.5. The molecule has 0 unspecified atom stereocenters. The molecule has 2 N–H and O–H groups in total. The van der Waals surface area contributed by atoms with Crippen molar-refractivity contribution in [2.24, 2.45) is 0 Å². The highest BCUT2D eigenvalue weighted by molar-refractivity contribution is 5.89. The van der Waals surface area contributed by atoms with Crippen LogP contribution in [-0.2, 0) is 0 Å². The van der Waals surface area contributed by atoms with Crippen molar-refractivity contribution < 1.29 is 0 Å². The van der Waals surface area contributed by atoms with E-state index in [9.17, 15) is 4.79 Å². The average molecular weight is 530 g/mol. The Hall–Kier alpha value is -5.12. The lowest BCUT2D eigenvalue weighted by atomic mass is 10.0. The third kappa shape index (κ3) is 4.14. The summed E-state index contributed by atoms with van der Waals surface area (Å²) in [5, 5.41) is 0.474. The molecule has 0 atom stereocenters. The standard InChI is InChI=1S/C30H27N9O/c1-18(2)38-11-10-32-29(38)23-4-3-5-28(36-23)39-17-35-24-12-21(20-8-9-27(31)33-14-20)26(13-22(24)30(39)40)37-15-25(34-16-37)19-6-7-19/h3-5,8-19H,6-7H2,1-2H3,(H2,31,33). The Morgan fingerprint density at radius 1 is 1.00 bits per heavy atom. The van der Waals surface area contributed by atoms with Gasteiger partial charge in [0.25, 0.3) is 5.56 Å². The maximum Gasteiger partial charge on any atom is 0.267 e. The van der Waals surface area contributed by atoms with Gasteiger partial charge in [-0.05, 0) is 63.1 Å². The van der Waals surface area contributed by atoms with E-state index in [2.05, 4.69) is 38.4 Å². The molecule has 0 amide bonds. The lowest BCUT2D eigenvalue weighted by molar-refractivity contribution is 0.605. The molecular formula is C30H27N9O. The molecule has 0 radical (unpaired) electrons. The summed E-state index contributed by atoms with van der Waals surface area (Å²) in [6.45, 7) is 4.18. The van der Waals surface area contributed by atoms with Gasteiger partial charge in [0, 0.05) is 47.9 Å². The maximum atomic E-state index is 13.9. The fourth-order valence-electron chi connectivity index (χ4n) is 5.00. The molecule has 5 heterocycles. The summed E-state index contributed by atoms with van der Waals surface area (Å²) in [5.74, 6) is 2.17. The number of aromatic nitrogens is 8. The first-order valence-electron chi connectivity index (χ1n) is 13.3. The fraction of sp³-hybridized carbons (Fsp3) is 0.200. The topological polar surface area (TPSA) is 122 Å². The van der Waals surface area contributed by atoms with E-state index >= 15 is 0 Å². The highest BCUT2D eigenvalue weighted by Crippen LogP contribution is 2.39. The van der Waals surface area contributed by atoms with Gasteiger partial charge in [-0.15, -0.1) is 0 Å². The van der Waals surface area contributed by atoms with Crippen LogP contribution < -0.4 is 11.3 Å². The van der Waals surface area contributed by atoms with Gasteiger partial charge in [-0.2, -0.15) is 0 Å². The van der Waals surface area contributed by atoms with Crippen LogP contribution in [-0.4, -0.2) is 38.6 Å². The van der Waals surface area contributed by atoms with Gasteiger partial charge in [-0.3, -0.25) is 9.36 Å². The molecular weight excluding hydrogens is 502 g/mol. The third-order valence-electron chi connectivity index (χ3n) is 7.28. The number of benzene rings is 1. The Kier molecular flexibility index (Phi) is 5.55. The second kappa shape index (κ2) is 9.26. The van der Waals surface area contributed by atoms with Gasteiger partial charge in [-0.25, -0.2) is 24.9 Å². The van der Waals surface area contributed by atoms with E-state index in [0.29, 0.717) is 34.2 Å². The van der Waals surface area contributed by atoms with Crippen molar-refractivity contribution in [2.75, 3.05) is 5.73 Å². The first kappa shape index (κ1) is 24.0. The molecule has 1 aliphatic rings. The predicted octanol–water partition coefficient (Wildman–Crippen LogP) is 4.93. The molecule has 198 valence electrons. The number of nitrogens with zero attached hydrogens (tertiary/aromatic N) is 8. The second-order valence-electron chi connectivity index (χ2n) is 10.4. The Balaban J connectivity index is 1.39. The zero-order valence-corrected chi connectivity index (χ0v) is 22.1. The maximum absolute atomic E-state index is 13.9. The van der Waals surface area contributed by atoms with Crippen molar-refractivity contribution in [1.82, 2.24) is 38.6 Å². The van der Waals surface area contributed by atoms with Crippen LogP contribution in [0.4, 0.5) is 5.82 Å². The van der Waals surface area contributed by atoms with Crippen LogP contribution in [0.2, 0.25) is 0 Å². The average Bonchev–Trinajstić information content (AvgIpc) is 3.48. The highest BCUT2D eigenvalue weighted by atomic mass is 16.1. The quantitative estimate of drug-likeness (QED) is 0.324. The molecule has 7 rings (SSSR count). The molecule has 1 aliphatic carbocycles. The first-order chi connectivity index (χ1) is 19.5. The van der Waals surface area contributed by atoms with Gasteiger partial charge >= 0.3 is 0 Å². The van der Waals surface area contributed by atoms with E-state index in [1.54, 1.807) is 30.9 Å². The number of nitrogen functional groups attached to an aromatic ring is 1. The summed E-state index contributed by atoms with van der Waals surface area (Å²) in [6, 6.07) is 13.3. The molecule has 0 aliphatic heterocycles. The number of fused-ring (bicyclic) bond motifs is 1. The lowest BCUT2D eigenvalue weighted by Crippen LogP contribution is -2.20. The second-order valence-corrected chi connectivity index (χ2v) is 10.4. The highest BCUT2D eigenvalue weighted by Gasteiger charge is 2.26. The largest absolute Gasteiger partial charge is 0.384 e. The van der Waals surface area contributed by atoms with Gasteiger partial charge in [0.05, 0.1) is 28.6 Å². The first-order valence-corrected chi connectivity index (χ1v) is 13.3. The van der Waals surface area contributed by atoms with E-state index in [1.807, 2.05) is 47.3 Å². The minimum Gasteiger partial charge on any atom is -0.384 e. The molecule has 6 aromatic rings. The lowest BCUT2D eigenvalue weighted by Gasteiger charge is -2.14. The van der Waals surface area contributed by atoms with Crippen molar-refractivity contribution in [2.45, 2.75) is 38.6 Å². The molecule has 10 nitrogen and oxygen atoms in total. The SMILES string of the molecule is CC(C)n1ccnc1-c1cccc(-n2cnc3cc(-c4ccc(N)nc4)c(-n4cnc(C5CC5)c4)cc3c2=O)n1. The number of anilines is 1. The Morgan fingerprint density at radius 3 is 2.65 bits per heavy atom. The van der Waals surface area contributed by atoms with Crippen molar-refractivity contribution in [3.63, 3.8) is 0 Å². The van der Waals surface area contributed by atoms with Gasteiger partial charge in [0.1, 0.15) is 23.7 Å². The summed E-state index contributed by atoms with van der Waals surface area (Å²) in [6.07, 6.45) is 13.1. The minimum atomic E-state index is -0.215. The molecule has 0 bridgehead atoms. The number of nitrogens with two attached hydrogens (primary N) is 1. The van der Waals surface area contributed by atoms with Crippen LogP contribution in [0.15, 0.2) is 84.7 Å². The Morgan fingerprint density at radius 2 is 1.88 bits per heavy atom. The zero-order chi connectivity index (χ0) is 27.4. The monoisotopic (exact) mass is 529 g/mol. The number of imidazole rings is 2. The van der Waals surface area contributed by atoms with Crippen LogP contribution >= 0.6 is 0 Å². The van der Waals surface area contributed by atoms with Crippen LogP contribution in [0.25, 0.3) is 45.1 Å². The van der Waals surface area contributed by atoms with Crippen LogP contribution in [0, 0.1) is 0 Å². The van der Waals surface area contributed by atoms with E-state index in [-0.39, 0.29) is 11.6 Å². The van der Waals surface area contributed by atoms with Gasteiger partial charge in [0.15, 0.2) is 5.82 Å². The molecule has 0 spiro atoms. The van der Waals surface area contributed by atoms with Crippen molar-refractivity contribution in [3.8, 4) is 34.2 Å². The predicted molar refractivity (Wildman–Crippen MR) is 153 cm³/mol. The molecule has 5 aromatic heterocycles. The van der Waals surface area contributed by atoms with Gasteiger partial charge in [0.2, 0.25) is 0 Å². The van der Waals surface area contributed by atoms with Gasteiger partial charge < -0.3 is 14.9 Å². The summed E-state index contributed by atoms with van der Waals surface area (Å²) >= 11 is 0. The van der Waals surface area contributed by atoms with Crippen molar-refractivity contribution in [3.05, 3.63) is 96.0 Å². The van der Waals surface area contributed by atoms with Gasteiger partial charge in [-0.1, -0.05) is 6.07 Å². The van der Waals surface area contributed by atoms with E-state index < -0.39 is 0 Å². The van der Waals surface area contributed by atoms with E-state index in [0.717, 1.165) is 41.2 Å². The Bertz CT molecular complexity index is 1930. The molecule has 0 saturated heterocycles. The minimum absolute atomic E-state index is 0.215. The summed E-state index contributed by atoms with van der Waals surface area (Å²) in [7, 11) is 0. The summed E-state index contributed by atoms with van der Waals surface area (Å²) in [4.78, 5) is 36.8. The number of hydrogen-bond donors (Lipinski definition) is 1. The number of rotatable bonds is 6. The van der Waals surface area contributed by atoms with Crippen LogP contribution in [0.5, 0.6) is 0 Å². The molecule has 10 heteroatoms. The zero-order valence-electron chi connectivity index (χ0n) is 22.1. The molecule has 1 fully saturated rings. The van der Waals surface area contributed by atoms with E-state index in [4.69, 9.17) is 10.7 Å². The summed E-state index contributed by atoms with van der Waals surface area (Å²) < 4.78 is 5.50.